The third-order valence-electron chi connectivity index (χ3n) is 4.68. The van der Waals surface area contributed by atoms with Gasteiger partial charge >= 0.3 is 5.69 Å². The van der Waals surface area contributed by atoms with E-state index in [2.05, 4.69) is 20.1 Å². The predicted octanol–water partition coefficient (Wildman–Crippen LogP) is 3.04. The van der Waals surface area contributed by atoms with Crippen molar-refractivity contribution in [3.8, 4) is 5.13 Å². The van der Waals surface area contributed by atoms with E-state index in [1.165, 1.54) is 10.9 Å². The fourth-order valence-electron chi connectivity index (χ4n) is 3.10. The lowest BCUT2D eigenvalue weighted by Gasteiger charge is -2.01. The van der Waals surface area contributed by atoms with Crippen molar-refractivity contribution in [2.75, 3.05) is 0 Å². The maximum Gasteiger partial charge on any atom is 0.352 e. The number of carbonyl (C=O) groups is 1. The number of thiazole rings is 1. The monoisotopic (exact) mass is 456 g/mol. The summed E-state index contributed by atoms with van der Waals surface area (Å²) in [4.78, 5) is 38.6. The van der Waals surface area contributed by atoms with Crippen LogP contribution in [0.4, 0.5) is 8.78 Å². The Hall–Kier alpha value is -3.60. The van der Waals surface area contributed by atoms with Gasteiger partial charge in [-0.25, -0.2) is 27.8 Å². The van der Waals surface area contributed by atoms with Crippen LogP contribution < -0.4 is 5.69 Å². The molecular formula is C21H18F2N6O2S. The van der Waals surface area contributed by atoms with Crippen molar-refractivity contribution in [3.05, 3.63) is 86.6 Å². The molecule has 3 heterocycles. The number of benzene rings is 1. The highest BCUT2D eigenvalue weighted by Gasteiger charge is 2.19. The summed E-state index contributed by atoms with van der Waals surface area (Å²) in [6.07, 6.45) is 5.25. The number of ketones is 1. The molecule has 0 fully saturated rings. The van der Waals surface area contributed by atoms with Gasteiger partial charge in [-0.1, -0.05) is 11.3 Å². The van der Waals surface area contributed by atoms with Crippen LogP contribution in [0, 0.1) is 25.5 Å². The number of nitrogens with zero attached hydrogens (tertiary/aromatic N) is 6. The Kier molecular flexibility index (Phi) is 5.99. The zero-order valence-electron chi connectivity index (χ0n) is 17.2. The Balaban J connectivity index is 1.51. The van der Waals surface area contributed by atoms with Gasteiger partial charge in [0.25, 0.3) is 0 Å². The number of rotatable bonds is 7. The molecule has 0 amide bonds. The first-order valence-corrected chi connectivity index (χ1v) is 10.5. The lowest BCUT2D eigenvalue weighted by atomic mass is 10.1. The van der Waals surface area contributed by atoms with Crippen LogP contribution in [0.5, 0.6) is 0 Å². The molecule has 0 saturated heterocycles. The second-order valence-electron chi connectivity index (χ2n) is 7.20. The number of hydrogen-bond donors (Lipinski definition) is 0. The molecule has 0 bridgehead atoms. The summed E-state index contributed by atoms with van der Waals surface area (Å²) >= 11 is 1.09. The second kappa shape index (κ2) is 8.87. The summed E-state index contributed by atoms with van der Waals surface area (Å²) in [5, 5.41) is 4.30. The van der Waals surface area contributed by atoms with Crippen LogP contribution in [0.15, 0.2) is 41.7 Å². The van der Waals surface area contributed by atoms with Crippen molar-refractivity contribution < 1.29 is 13.6 Å². The fraction of sp³-hybridized carbons (Fsp3) is 0.238. The van der Waals surface area contributed by atoms with Crippen molar-refractivity contribution in [1.29, 1.82) is 0 Å². The minimum Gasteiger partial charge on any atom is -0.293 e. The zero-order valence-corrected chi connectivity index (χ0v) is 18.1. The van der Waals surface area contributed by atoms with Gasteiger partial charge in [-0.15, -0.1) is 0 Å². The van der Waals surface area contributed by atoms with Crippen LogP contribution in [-0.2, 0) is 13.0 Å². The molecule has 4 aromatic rings. The van der Waals surface area contributed by atoms with Crippen LogP contribution in [0.3, 0.4) is 0 Å². The molecule has 0 unspecified atom stereocenters. The van der Waals surface area contributed by atoms with Crippen LogP contribution in [0.1, 0.15) is 38.7 Å². The third-order valence-corrected chi connectivity index (χ3v) is 5.87. The molecule has 0 radical (unpaired) electrons. The van der Waals surface area contributed by atoms with E-state index in [4.69, 9.17) is 0 Å². The normalized spacial score (nSPS) is 11.1. The summed E-state index contributed by atoms with van der Waals surface area (Å²) in [5.41, 5.74) is 1.77. The van der Waals surface area contributed by atoms with Crippen LogP contribution in [0.2, 0.25) is 0 Å². The second-order valence-corrected chi connectivity index (χ2v) is 8.18. The van der Waals surface area contributed by atoms with E-state index < -0.39 is 17.3 Å². The zero-order chi connectivity index (χ0) is 22.8. The van der Waals surface area contributed by atoms with Crippen LogP contribution in [0.25, 0.3) is 5.13 Å². The third kappa shape index (κ3) is 4.67. The molecule has 8 nitrogen and oxygen atoms in total. The molecule has 0 aliphatic carbocycles. The summed E-state index contributed by atoms with van der Waals surface area (Å²) in [6.45, 7) is 3.43. The van der Waals surface area contributed by atoms with E-state index >= 15 is 0 Å². The first-order chi connectivity index (χ1) is 15.3. The minimum atomic E-state index is -0.734. The smallest absolute Gasteiger partial charge is 0.293 e. The topological polar surface area (TPSA) is 95.6 Å². The molecule has 11 heteroatoms. The SMILES string of the molecule is Cc1cnc(CCC(=O)c2sc(-n3cnn(Cc4cc(F)cc(F)c4)c3=O)nc2C)cn1. The average Bonchev–Trinajstić information content (AvgIpc) is 3.29. The van der Waals surface area contributed by atoms with Crippen LogP contribution in [-0.4, -0.2) is 35.1 Å². The van der Waals surface area contributed by atoms with Crippen LogP contribution >= 0.6 is 11.3 Å². The quantitative estimate of drug-likeness (QED) is 0.397. The average molecular weight is 456 g/mol. The first kappa shape index (κ1) is 21.6. The van der Waals surface area contributed by atoms with Gasteiger partial charge in [-0.2, -0.15) is 5.10 Å². The van der Waals surface area contributed by atoms with E-state index in [0.29, 0.717) is 22.1 Å². The highest BCUT2D eigenvalue weighted by molar-refractivity contribution is 7.16. The largest absolute Gasteiger partial charge is 0.352 e. The molecule has 164 valence electrons. The molecule has 0 atom stereocenters. The van der Waals surface area contributed by atoms with E-state index in [1.807, 2.05) is 6.92 Å². The molecule has 32 heavy (non-hydrogen) atoms. The van der Waals surface area contributed by atoms with E-state index in [-0.39, 0.29) is 24.3 Å². The van der Waals surface area contributed by atoms with E-state index in [0.717, 1.165) is 45.6 Å². The number of aromatic nitrogens is 6. The predicted molar refractivity (Wildman–Crippen MR) is 113 cm³/mol. The van der Waals surface area contributed by atoms with Gasteiger partial charge in [0.2, 0.25) is 0 Å². The lowest BCUT2D eigenvalue weighted by Crippen LogP contribution is -2.24. The van der Waals surface area contributed by atoms with Crippen molar-refractivity contribution in [3.63, 3.8) is 0 Å². The maximum atomic E-state index is 13.4. The van der Waals surface area contributed by atoms with Gasteiger partial charge in [-0.3, -0.25) is 14.8 Å². The fourth-order valence-corrected chi connectivity index (χ4v) is 4.10. The molecule has 1 aromatic carbocycles. The Morgan fingerprint density at radius 3 is 2.53 bits per heavy atom. The van der Waals surface area contributed by atoms with Gasteiger partial charge in [0, 0.05) is 24.9 Å². The van der Waals surface area contributed by atoms with Gasteiger partial charge in [-0.05, 0) is 38.0 Å². The van der Waals surface area contributed by atoms with Crippen molar-refractivity contribution in [1.82, 2.24) is 29.3 Å². The summed E-state index contributed by atoms with van der Waals surface area (Å²) < 4.78 is 29.1. The minimum absolute atomic E-state index is 0.103. The van der Waals surface area contributed by atoms with Crippen molar-refractivity contribution in [2.24, 2.45) is 0 Å². The molecular weight excluding hydrogens is 438 g/mol. The summed E-state index contributed by atoms with van der Waals surface area (Å²) in [5.74, 6) is -1.57. The van der Waals surface area contributed by atoms with Gasteiger partial charge in [0.1, 0.15) is 18.0 Å². The lowest BCUT2D eigenvalue weighted by molar-refractivity contribution is 0.0985. The molecule has 0 saturated carbocycles. The maximum absolute atomic E-state index is 13.4. The Labute approximate surface area is 185 Å². The Bertz CT molecular complexity index is 1320. The van der Waals surface area contributed by atoms with Gasteiger partial charge in [0.15, 0.2) is 10.9 Å². The Morgan fingerprint density at radius 2 is 1.84 bits per heavy atom. The van der Waals surface area contributed by atoms with E-state index in [9.17, 15) is 18.4 Å². The molecule has 4 rings (SSSR count). The van der Waals surface area contributed by atoms with E-state index in [1.54, 1.807) is 19.3 Å². The van der Waals surface area contributed by atoms with Gasteiger partial charge < -0.3 is 0 Å². The molecule has 0 spiro atoms. The summed E-state index contributed by atoms with van der Waals surface area (Å²) in [6, 6.07) is 3.03. The molecule has 0 aliphatic rings. The number of aryl methyl sites for hydroxylation is 3. The highest BCUT2D eigenvalue weighted by atomic mass is 32.1. The van der Waals surface area contributed by atoms with Crippen molar-refractivity contribution >= 4 is 17.1 Å². The van der Waals surface area contributed by atoms with Gasteiger partial charge in [0.05, 0.1) is 28.5 Å². The first-order valence-electron chi connectivity index (χ1n) is 9.68. The number of halogens is 2. The number of hydrogen-bond acceptors (Lipinski definition) is 7. The standard InChI is InChI=1S/C21H18F2N6O2S/c1-12-8-25-17(9-24-12)3-4-18(30)19-13(2)27-20(32-19)28-11-26-29(21(28)31)10-14-5-15(22)7-16(23)6-14/h5-9,11H,3-4,10H2,1-2H3. The highest BCUT2D eigenvalue weighted by Crippen LogP contribution is 2.22. The Morgan fingerprint density at radius 1 is 1.09 bits per heavy atom. The number of carbonyl (C=O) groups excluding carboxylic acids is 1. The molecule has 3 aromatic heterocycles. The van der Waals surface area contributed by atoms with Crippen molar-refractivity contribution in [2.45, 2.75) is 33.2 Å². The molecule has 0 N–H and O–H groups in total. The molecule has 0 aliphatic heterocycles. The number of Topliss-reactive ketones (excluding diaryl/α,β-unsaturated/α-hetero) is 1. The summed E-state index contributed by atoms with van der Waals surface area (Å²) in [7, 11) is 0.